The molecule has 1 saturated heterocycles. The van der Waals surface area contributed by atoms with Gasteiger partial charge in [0.15, 0.2) is 0 Å². The Hall–Kier alpha value is -1.06. The van der Waals surface area contributed by atoms with E-state index in [1.807, 2.05) is 49.1 Å². The molecule has 1 aliphatic heterocycles. The fourth-order valence-electron chi connectivity index (χ4n) is 2.42. The maximum absolute atomic E-state index is 12.7. The zero-order valence-electron chi connectivity index (χ0n) is 11.7. The molecular weight excluding hydrogens is 260 g/mol. The monoisotopic (exact) mass is 282 g/mol. The molecule has 0 aliphatic carbocycles. The molecular formula is C15H23ClN2O. The van der Waals surface area contributed by atoms with Crippen molar-refractivity contribution in [1.29, 1.82) is 0 Å². The number of nitrogens with one attached hydrogen (secondary N) is 1. The van der Waals surface area contributed by atoms with Gasteiger partial charge < -0.3 is 10.2 Å². The van der Waals surface area contributed by atoms with E-state index in [0.717, 1.165) is 38.2 Å². The highest BCUT2D eigenvalue weighted by atomic mass is 35.5. The molecule has 1 amide bonds. The lowest BCUT2D eigenvalue weighted by Crippen LogP contribution is -2.44. The van der Waals surface area contributed by atoms with Crippen molar-refractivity contribution in [3.8, 4) is 0 Å². The molecule has 106 valence electrons. The van der Waals surface area contributed by atoms with Crippen molar-refractivity contribution in [2.45, 2.75) is 25.7 Å². The van der Waals surface area contributed by atoms with E-state index in [9.17, 15) is 4.79 Å². The van der Waals surface area contributed by atoms with Crippen molar-refractivity contribution in [3.05, 3.63) is 35.9 Å². The van der Waals surface area contributed by atoms with Crippen LogP contribution in [0.25, 0.3) is 0 Å². The van der Waals surface area contributed by atoms with Gasteiger partial charge in [-0.3, -0.25) is 4.79 Å². The maximum atomic E-state index is 12.7. The molecule has 19 heavy (non-hydrogen) atoms. The normalized spacial score (nSPS) is 16.4. The Balaban J connectivity index is 0.00000180. The highest BCUT2D eigenvalue weighted by Gasteiger charge is 2.33. The van der Waals surface area contributed by atoms with Gasteiger partial charge in [-0.2, -0.15) is 0 Å². The molecule has 4 heteroatoms. The molecule has 1 N–H and O–H groups in total. The lowest BCUT2D eigenvalue weighted by molar-refractivity contribution is -0.136. The van der Waals surface area contributed by atoms with E-state index in [2.05, 4.69) is 5.32 Å². The van der Waals surface area contributed by atoms with E-state index in [4.69, 9.17) is 0 Å². The number of amides is 1. The van der Waals surface area contributed by atoms with Crippen molar-refractivity contribution >= 4 is 18.3 Å². The van der Waals surface area contributed by atoms with Crippen molar-refractivity contribution in [1.82, 2.24) is 10.2 Å². The Labute approximate surface area is 121 Å². The van der Waals surface area contributed by atoms with Crippen LogP contribution < -0.4 is 5.32 Å². The summed E-state index contributed by atoms with van der Waals surface area (Å²) in [5.41, 5.74) is 0.651. The first kappa shape index (κ1) is 16.0. The summed E-state index contributed by atoms with van der Waals surface area (Å²) in [6, 6.07) is 10.0. The number of rotatable bonds is 2. The largest absolute Gasteiger partial charge is 0.341 e. The van der Waals surface area contributed by atoms with Gasteiger partial charge in [-0.1, -0.05) is 30.3 Å². The second-order valence-corrected chi connectivity index (χ2v) is 5.39. The molecule has 0 unspecified atom stereocenters. The number of halogens is 1. The van der Waals surface area contributed by atoms with Crippen molar-refractivity contribution in [2.75, 3.05) is 26.2 Å². The van der Waals surface area contributed by atoms with Crippen LogP contribution in [0.1, 0.15) is 25.8 Å². The maximum Gasteiger partial charge on any atom is 0.232 e. The molecule has 0 radical (unpaired) electrons. The number of hydrogen-bond donors (Lipinski definition) is 1. The third kappa shape index (κ3) is 3.71. The first-order valence-corrected chi connectivity index (χ1v) is 6.68. The van der Waals surface area contributed by atoms with Gasteiger partial charge in [-0.25, -0.2) is 0 Å². The summed E-state index contributed by atoms with van der Waals surface area (Å²) in [6.45, 7) is 7.62. The third-order valence-corrected chi connectivity index (χ3v) is 3.66. The van der Waals surface area contributed by atoms with Crippen LogP contribution in [-0.2, 0) is 10.2 Å². The average molecular weight is 283 g/mol. The fraction of sp³-hybridized carbons (Fsp3) is 0.533. The topological polar surface area (TPSA) is 32.3 Å². The molecule has 3 nitrogen and oxygen atoms in total. The molecule has 1 aliphatic rings. The van der Waals surface area contributed by atoms with Gasteiger partial charge in [0.05, 0.1) is 5.41 Å². The Morgan fingerprint density at radius 3 is 2.53 bits per heavy atom. The lowest BCUT2D eigenvalue weighted by atomic mass is 9.83. The molecule has 0 saturated carbocycles. The second-order valence-electron chi connectivity index (χ2n) is 5.39. The summed E-state index contributed by atoms with van der Waals surface area (Å²) in [7, 11) is 0. The van der Waals surface area contributed by atoms with E-state index in [0.29, 0.717) is 0 Å². The van der Waals surface area contributed by atoms with E-state index in [-0.39, 0.29) is 18.3 Å². The van der Waals surface area contributed by atoms with Gasteiger partial charge in [0.25, 0.3) is 0 Å². The van der Waals surface area contributed by atoms with E-state index in [1.165, 1.54) is 0 Å². The van der Waals surface area contributed by atoms with Crippen LogP contribution in [-0.4, -0.2) is 37.0 Å². The van der Waals surface area contributed by atoms with Crippen LogP contribution in [0, 0.1) is 0 Å². The summed E-state index contributed by atoms with van der Waals surface area (Å²) in [4.78, 5) is 14.7. The van der Waals surface area contributed by atoms with Crippen LogP contribution in [0.3, 0.4) is 0 Å². The van der Waals surface area contributed by atoms with Crippen molar-refractivity contribution in [3.63, 3.8) is 0 Å². The molecule has 0 spiro atoms. The molecule has 0 bridgehead atoms. The van der Waals surface area contributed by atoms with Gasteiger partial charge in [0.1, 0.15) is 0 Å². The highest BCUT2D eigenvalue weighted by molar-refractivity contribution is 5.87. The van der Waals surface area contributed by atoms with Crippen LogP contribution >= 0.6 is 12.4 Å². The Bertz CT molecular complexity index is 398. The standard InChI is InChI=1S/C15H22N2O.ClH/c1-15(2,13-7-4-3-5-8-13)14(18)17-11-6-9-16-10-12-17;/h3-5,7-8,16H,6,9-12H2,1-2H3;1H. The molecule has 1 aromatic rings. The van der Waals surface area contributed by atoms with E-state index in [1.54, 1.807) is 0 Å². The third-order valence-electron chi connectivity index (χ3n) is 3.66. The van der Waals surface area contributed by atoms with Gasteiger partial charge >= 0.3 is 0 Å². The minimum absolute atomic E-state index is 0. The molecule has 1 heterocycles. The SMILES string of the molecule is CC(C)(C(=O)N1CCCNCC1)c1ccccc1.Cl. The van der Waals surface area contributed by atoms with Gasteiger partial charge in [0.2, 0.25) is 5.91 Å². The summed E-state index contributed by atoms with van der Waals surface area (Å²) in [5, 5.41) is 3.33. The quantitative estimate of drug-likeness (QED) is 0.902. The fourth-order valence-corrected chi connectivity index (χ4v) is 2.42. The smallest absolute Gasteiger partial charge is 0.232 e. The molecule has 0 aromatic heterocycles. The summed E-state index contributed by atoms with van der Waals surface area (Å²) < 4.78 is 0. The second kappa shape index (κ2) is 6.92. The molecule has 0 atom stereocenters. The first-order chi connectivity index (χ1) is 8.62. The summed E-state index contributed by atoms with van der Waals surface area (Å²) >= 11 is 0. The number of carbonyl (C=O) groups is 1. The van der Waals surface area contributed by atoms with Crippen LogP contribution in [0.15, 0.2) is 30.3 Å². The highest BCUT2D eigenvalue weighted by Crippen LogP contribution is 2.25. The predicted octanol–water partition coefficient (Wildman–Crippen LogP) is 2.21. The predicted molar refractivity (Wildman–Crippen MR) is 80.8 cm³/mol. The zero-order chi connectivity index (χ0) is 13.0. The van der Waals surface area contributed by atoms with Crippen molar-refractivity contribution < 1.29 is 4.79 Å². The zero-order valence-corrected chi connectivity index (χ0v) is 12.5. The first-order valence-electron chi connectivity index (χ1n) is 6.68. The Morgan fingerprint density at radius 2 is 1.84 bits per heavy atom. The van der Waals surface area contributed by atoms with Crippen LogP contribution in [0.4, 0.5) is 0 Å². The summed E-state index contributed by atoms with van der Waals surface area (Å²) in [6.07, 6.45) is 1.04. The average Bonchev–Trinajstić information content (AvgIpc) is 2.67. The molecule has 2 rings (SSSR count). The number of benzene rings is 1. The Morgan fingerprint density at radius 1 is 1.16 bits per heavy atom. The number of carbonyl (C=O) groups excluding carboxylic acids is 1. The number of nitrogens with zero attached hydrogens (tertiary/aromatic N) is 1. The van der Waals surface area contributed by atoms with Crippen LogP contribution in [0.5, 0.6) is 0 Å². The van der Waals surface area contributed by atoms with Gasteiger partial charge in [-0.05, 0) is 32.4 Å². The van der Waals surface area contributed by atoms with Gasteiger partial charge in [0, 0.05) is 19.6 Å². The van der Waals surface area contributed by atoms with Gasteiger partial charge in [-0.15, -0.1) is 12.4 Å². The van der Waals surface area contributed by atoms with Crippen molar-refractivity contribution in [2.24, 2.45) is 0 Å². The minimum atomic E-state index is -0.439. The summed E-state index contributed by atoms with van der Waals surface area (Å²) in [5.74, 6) is 0.234. The Kier molecular flexibility index (Phi) is 5.83. The minimum Gasteiger partial charge on any atom is -0.341 e. The number of hydrogen-bond acceptors (Lipinski definition) is 2. The molecule has 1 fully saturated rings. The molecule has 1 aromatic carbocycles. The lowest BCUT2D eigenvalue weighted by Gasteiger charge is -2.31. The van der Waals surface area contributed by atoms with E-state index < -0.39 is 5.41 Å². The van der Waals surface area contributed by atoms with E-state index >= 15 is 0 Å². The van der Waals surface area contributed by atoms with Crippen LogP contribution in [0.2, 0.25) is 0 Å².